The van der Waals surface area contributed by atoms with Crippen molar-refractivity contribution in [2.45, 2.75) is 53.6 Å². The Labute approximate surface area is 152 Å². The summed E-state index contributed by atoms with van der Waals surface area (Å²) in [6, 6.07) is 0. The molecule has 0 N–H and O–H groups in total. The summed E-state index contributed by atoms with van der Waals surface area (Å²) in [7, 11) is 0. The Hall–Kier alpha value is 0.627. The maximum Gasteiger partial charge on any atom is -1.00 e. The van der Waals surface area contributed by atoms with E-state index in [4.69, 9.17) is 0 Å². The zero-order valence-electron chi connectivity index (χ0n) is 13.3. The van der Waals surface area contributed by atoms with Gasteiger partial charge in [0.15, 0.2) is 0 Å². The second kappa shape index (κ2) is 14.6. The van der Waals surface area contributed by atoms with Gasteiger partial charge < -0.3 is 24.8 Å². The van der Waals surface area contributed by atoms with Crippen molar-refractivity contribution in [3.05, 3.63) is 46.6 Å². The van der Waals surface area contributed by atoms with Gasteiger partial charge in [-0.2, -0.15) is 12.2 Å². The van der Waals surface area contributed by atoms with Crippen LogP contribution in [0.15, 0.2) is 34.4 Å². The molecule has 0 radical (unpaired) electrons. The largest absolute Gasteiger partial charge is 1.00 e. The molecule has 2 rings (SSSR count). The molecule has 2 aliphatic carbocycles. The van der Waals surface area contributed by atoms with Gasteiger partial charge in [0.05, 0.1) is 0 Å². The van der Waals surface area contributed by atoms with Gasteiger partial charge in [0, 0.05) is 0 Å². The number of halogens is 2. The van der Waals surface area contributed by atoms with Crippen molar-refractivity contribution in [2.24, 2.45) is 0 Å². The molecule has 0 saturated heterocycles. The van der Waals surface area contributed by atoms with E-state index in [1.54, 1.807) is 0 Å². The van der Waals surface area contributed by atoms with Gasteiger partial charge in [0.2, 0.25) is 0 Å². The summed E-state index contributed by atoms with van der Waals surface area (Å²) in [5.74, 6) is 0. The molecule has 0 nitrogen and oxygen atoms in total. The second-order valence-corrected chi connectivity index (χ2v) is 17.6. The molecular weight excluding hydrogens is 470 g/mol. The van der Waals surface area contributed by atoms with Crippen LogP contribution in [0.3, 0.4) is 0 Å². The van der Waals surface area contributed by atoms with Crippen LogP contribution in [-0.4, -0.2) is 5.49 Å². The normalized spacial score (nSPS) is 14.8. The fourth-order valence-corrected chi connectivity index (χ4v) is 1.30. The minimum absolute atomic E-state index is 0. The molecule has 0 amide bonds. The molecule has 0 aromatic heterocycles. The van der Waals surface area contributed by atoms with Crippen LogP contribution in [-0.2, 0) is 23.0 Å². The summed E-state index contributed by atoms with van der Waals surface area (Å²) in [6.45, 7) is 13.1. The minimum atomic E-state index is 0. The third kappa shape index (κ3) is 13.6. The van der Waals surface area contributed by atoms with E-state index in [2.05, 4.69) is 65.1 Å². The first-order chi connectivity index (χ1) is 8.34. The molecule has 4 heteroatoms. The van der Waals surface area contributed by atoms with E-state index < -0.39 is 0 Å². The first-order valence-electron chi connectivity index (χ1n) is 6.35. The van der Waals surface area contributed by atoms with Crippen molar-refractivity contribution in [3.63, 3.8) is 0 Å². The van der Waals surface area contributed by atoms with E-state index in [-0.39, 0.29) is 30.3 Å². The molecule has 20 heavy (non-hydrogen) atoms. The second-order valence-electron chi connectivity index (χ2n) is 4.79. The average molecular weight is 494 g/mol. The van der Waals surface area contributed by atoms with Crippen LogP contribution in [0.25, 0.3) is 0 Å². The molecule has 0 atom stereocenters. The molecule has 0 saturated carbocycles. The van der Waals surface area contributed by atoms with E-state index >= 15 is 0 Å². The molecule has 0 aromatic rings. The quantitative estimate of drug-likeness (QED) is 0.299. The van der Waals surface area contributed by atoms with Crippen molar-refractivity contribution >= 4 is 5.49 Å². The van der Waals surface area contributed by atoms with Gasteiger partial charge in [0.25, 0.3) is 0 Å². The Bertz CT molecular complexity index is 348. The predicted octanol–water partition coefficient (Wildman–Crippen LogP) is -1.04. The first-order valence-corrected chi connectivity index (χ1v) is 14.2. The van der Waals surface area contributed by atoms with Gasteiger partial charge in [-0.25, -0.2) is 22.3 Å². The topological polar surface area (TPSA) is 0 Å². The SMILES string of the molecule is CC1=[C-]CC=C1C.CC1=[C-]CC=C1C.C[Si](C)=[Hf+2].[Cl-].[Cl-]. The minimum Gasteiger partial charge on any atom is -1.00 e. The first kappa shape index (κ1) is 25.6. The van der Waals surface area contributed by atoms with Gasteiger partial charge in [-0.15, -0.1) is 26.7 Å². The molecule has 2 aliphatic rings. The third-order valence-electron chi connectivity index (χ3n) is 2.73. The van der Waals surface area contributed by atoms with Crippen LogP contribution >= 0.6 is 0 Å². The van der Waals surface area contributed by atoms with Crippen LogP contribution in [0, 0.1) is 12.2 Å². The summed E-state index contributed by atoms with van der Waals surface area (Å²) in [5, 5.41) is 0. The van der Waals surface area contributed by atoms with Crippen LogP contribution in [0.4, 0.5) is 0 Å². The molecule has 0 aliphatic heterocycles. The Balaban J connectivity index is -0.000000215. The Morgan fingerprint density at radius 1 is 0.850 bits per heavy atom. The Morgan fingerprint density at radius 2 is 1.10 bits per heavy atom. The van der Waals surface area contributed by atoms with E-state index in [9.17, 15) is 0 Å². The molecule has 0 aromatic carbocycles. The molecule has 0 bridgehead atoms. The molecule has 112 valence electrons. The fourth-order valence-electron chi connectivity index (χ4n) is 1.30. The van der Waals surface area contributed by atoms with Crippen molar-refractivity contribution in [3.8, 4) is 0 Å². The van der Waals surface area contributed by atoms with E-state index in [0.717, 1.165) is 12.8 Å². The number of allylic oxidation sites excluding steroid dienone is 8. The van der Waals surface area contributed by atoms with Crippen molar-refractivity contribution in [2.75, 3.05) is 0 Å². The van der Waals surface area contributed by atoms with E-state index in [1.165, 1.54) is 45.3 Å². The Morgan fingerprint density at radius 3 is 1.15 bits per heavy atom. The van der Waals surface area contributed by atoms with E-state index in [1.807, 2.05) is 0 Å². The van der Waals surface area contributed by atoms with E-state index in [0.29, 0.717) is 0 Å². The smallest absolute Gasteiger partial charge is 1.00 e. The third-order valence-corrected chi connectivity index (χ3v) is 2.73. The average Bonchev–Trinajstić information content (AvgIpc) is 2.79. The standard InChI is InChI=1S/2C7H9.C2H6Si.2ClH.Hf/c2*1-6-4-3-5-7(6)2;1-3-2;;;/h2*4H,3H2,1-2H3;1-2H3;2*1H;/q2*-1;;;;+2/p-2. The van der Waals surface area contributed by atoms with Crippen molar-refractivity contribution < 1.29 is 47.8 Å². The van der Waals surface area contributed by atoms with Crippen molar-refractivity contribution in [1.82, 2.24) is 0 Å². The van der Waals surface area contributed by atoms with Gasteiger partial charge in [-0.1, -0.05) is 13.8 Å². The Kier molecular flexibility index (Phi) is 18.6. The molecule has 0 heterocycles. The van der Waals surface area contributed by atoms with Crippen molar-refractivity contribution in [1.29, 1.82) is 0 Å². The summed E-state index contributed by atoms with van der Waals surface area (Å²) < 4.78 is 0. The molecule has 0 fully saturated rings. The number of hydrogen-bond donors (Lipinski definition) is 0. The molecule has 0 spiro atoms. The fraction of sp³-hybridized carbons (Fsp3) is 0.500. The molecule has 0 unspecified atom stereocenters. The van der Waals surface area contributed by atoms with Crippen LogP contribution in [0.1, 0.15) is 40.5 Å². The predicted molar refractivity (Wildman–Crippen MR) is 79.1 cm³/mol. The van der Waals surface area contributed by atoms with Gasteiger partial charge in [-0.05, 0) is 0 Å². The van der Waals surface area contributed by atoms with Crippen LogP contribution in [0.5, 0.6) is 0 Å². The summed E-state index contributed by atoms with van der Waals surface area (Å²) in [5.41, 5.74) is 5.68. The zero-order chi connectivity index (χ0) is 14.1. The maximum atomic E-state index is 3.19. The number of rotatable bonds is 0. The summed E-state index contributed by atoms with van der Waals surface area (Å²) in [6.07, 6.45) is 12.8. The zero-order valence-corrected chi connectivity index (χ0v) is 19.4. The van der Waals surface area contributed by atoms with Crippen LogP contribution in [0.2, 0.25) is 13.1 Å². The summed E-state index contributed by atoms with van der Waals surface area (Å²) in [4.78, 5) is 0. The van der Waals surface area contributed by atoms with Crippen LogP contribution < -0.4 is 24.8 Å². The van der Waals surface area contributed by atoms with Gasteiger partial charge >= 0.3 is 41.6 Å². The van der Waals surface area contributed by atoms with Gasteiger partial charge in [0.1, 0.15) is 0 Å². The number of hydrogen-bond acceptors (Lipinski definition) is 0. The monoisotopic (exact) mass is 494 g/mol. The van der Waals surface area contributed by atoms with Gasteiger partial charge in [-0.3, -0.25) is 12.2 Å². The summed E-state index contributed by atoms with van der Waals surface area (Å²) >= 11 is 1.45. The maximum absolute atomic E-state index is 3.19. The molecular formula is C16H24Cl2HfSi-2.